The first-order valence-corrected chi connectivity index (χ1v) is 6.88. The first kappa shape index (κ1) is 15.1. The van der Waals surface area contributed by atoms with E-state index in [1.54, 1.807) is 36.2 Å². The van der Waals surface area contributed by atoms with Crippen molar-refractivity contribution in [1.82, 2.24) is 4.90 Å². The molecule has 1 aromatic rings. The highest BCUT2D eigenvalue weighted by atomic mass is 16.5. The Hall–Kier alpha value is -2.30. The van der Waals surface area contributed by atoms with Gasteiger partial charge in [0.05, 0.1) is 12.7 Å². The van der Waals surface area contributed by atoms with Gasteiger partial charge < -0.3 is 14.4 Å². The maximum atomic E-state index is 12.0. The number of ether oxygens (including phenoxy) is 2. The number of nitrogens with zero attached hydrogens (tertiary/aromatic N) is 1. The Kier molecular flexibility index (Phi) is 4.98. The van der Waals surface area contributed by atoms with Gasteiger partial charge in [0, 0.05) is 12.7 Å². The van der Waals surface area contributed by atoms with E-state index in [0.29, 0.717) is 11.3 Å². The first-order chi connectivity index (χ1) is 10.1. The molecule has 0 aromatic heterocycles. The highest BCUT2D eigenvalue weighted by Gasteiger charge is 2.16. The predicted molar refractivity (Wildman–Crippen MR) is 78.0 cm³/mol. The van der Waals surface area contributed by atoms with Crippen LogP contribution in [0, 0.1) is 0 Å². The number of hydrogen-bond donors (Lipinski definition) is 0. The fraction of sp³-hybridized carbons (Fsp3) is 0.375. The third-order valence-corrected chi connectivity index (χ3v) is 3.46. The molecular weight excluding hydrogens is 270 g/mol. The number of hydrogen-bond acceptors (Lipinski definition) is 4. The van der Waals surface area contributed by atoms with Crippen LogP contribution in [-0.2, 0) is 9.53 Å². The Morgan fingerprint density at radius 2 is 1.95 bits per heavy atom. The van der Waals surface area contributed by atoms with Crippen LogP contribution in [0.25, 0.3) is 0 Å². The second kappa shape index (κ2) is 6.92. The second-order valence-electron chi connectivity index (χ2n) is 4.85. The van der Waals surface area contributed by atoms with E-state index >= 15 is 0 Å². The molecule has 5 nitrogen and oxygen atoms in total. The van der Waals surface area contributed by atoms with Gasteiger partial charge in [0.2, 0.25) is 0 Å². The summed E-state index contributed by atoms with van der Waals surface area (Å²) >= 11 is 0. The molecule has 1 aliphatic carbocycles. The van der Waals surface area contributed by atoms with Gasteiger partial charge >= 0.3 is 5.97 Å². The number of benzene rings is 1. The highest BCUT2D eigenvalue weighted by Crippen LogP contribution is 2.20. The molecule has 112 valence electrons. The molecule has 0 bridgehead atoms. The van der Waals surface area contributed by atoms with E-state index in [1.165, 1.54) is 7.11 Å². The van der Waals surface area contributed by atoms with Crippen molar-refractivity contribution >= 4 is 11.9 Å². The SMILES string of the molecule is COC(=O)c1ccc(OCC(=O)N(C)C2=CCCC2)cc1. The number of carbonyl (C=O) groups is 2. The highest BCUT2D eigenvalue weighted by molar-refractivity contribution is 5.89. The number of likely N-dealkylation sites (N-methyl/N-ethyl adjacent to an activating group) is 1. The van der Waals surface area contributed by atoms with Crippen molar-refractivity contribution < 1.29 is 19.1 Å². The lowest BCUT2D eigenvalue weighted by Crippen LogP contribution is -2.30. The molecule has 0 radical (unpaired) electrons. The standard InChI is InChI=1S/C16H19NO4/c1-17(13-5-3-4-6-13)15(18)11-21-14-9-7-12(8-10-14)16(19)20-2/h5,7-10H,3-4,6,11H2,1-2H3. The molecule has 0 saturated heterocycles. The van der Waals surface area contributed by atoms with Gasteiger partial charge in [-0.1, -0.05) is 6.08 Å². The number of esters is 1. The van der Waals surface area contributed by atoms with E-state index in [0.717, 1.165) is 25.0 Å². The molecule has 1 amide bonds. The molecule has 0 heterocycles. The zero-order valence-corrected chi connectivity index (χ0v) is 12.3. The van der Waals surface area contributed by atoms with Crippen molar-refractivity contribution in [2.24, 2.45) is 0 Å². The summed E-state index contributed by atoms with van der Waals surface area (Å²) in [6.45, 7) is -0.0224. The number of rotatable bonds is 5. The van der Waals surface area contributed by atoms with Crippen molar-refractivity contribution in [2.45, 2.75) is 19.3 Å². The summed E-state index contributed by atoms with van der Waals surface area (Å²) in [5, 5.41) is 0. The predicted octanol–water partition coefficient (Wildman–Crippen LogP) is 2.38. The van der Waals surface area contributed by atoms with Crippen LogP contribution < -0.4 is 4.74 Å². The number of methoxy groups -OCH3 is 1. The first-order valence-electron chi connectivity index (χ1n) is 6.88. The van der Waals surface area contributed by atoms with Gasteiger partial charge in [-0.3, -0.25) is 4.79 Å². The Bertz CT molecular complexity index is 548. The molecule has 21 heavy (non-hydrogen) atoms. The quantitative estimate of drug-likeness (QED) is 0.781. The molecule has 0 fully saturated rings. The smallest absolute Gasteiger partial charge is 0.337 e. The molecule has 0 spiro atoms. The number of carbonyl (C=O) groups excluding carboxylic acids is 2. The molecule has 0 saturated carbocycles. The van der Waals surface area contributed by atoms with Crippen LogP contribution in [0.15, 0.2) is 36.0 Å². The fourth-order valence-electron chi connectivity index (χ4n) is 2.17. The van der Waals surface area contributed by atoms with Crippen LogP contribution in [0.5, 0.6) is 5.75 Å². The normalized spacial score (nSPS) is 13.5. The van der Waals surface area contributed by atoms with Crippen molar-refractivity contribution in [2.75, 3.05) is 20.8 Å². The molecule has 0 atom stereocenters. The molecule has 5 heteroatoms. The zero-order chi connectivity index (χ0) is 15.2. The molecule has 2 rings (SSSR count). The average Bonchev–Trinajstić information content (AvgIpc) is 3.06. The monoisotopic (exact) mass is 289 g/mol. The summed E-state index contributed by atoms with van der Waals surface area (Å²) in [6, 6.07) is 6.51. The Morgan fingerprint density at radius 1 is 1.24 bits per heavy atom. The van der Waals surface area contributed by atoms with E-state index in [-0.39, 0.29) is 12.5 Å². The van der Waals surface area contributed by atoms with E-state index < -0.39 is 5.97 Å². The summed E-state index contributed by atoms with van der Waals surface area (Å²) in [4.78, 5) is 25.0. The van der Waals surface area contributed by atoms with Gasteiger partial charge in [-0.25, -0.2) is 4.79 Å². The van der Waals surface area contributed by atoms with Crippen LogP contribution in [0.1, 0.15) is 29.6 Å². The largest absolute Gasteiger partial charge is 0.484 e. The van der Waals surface area contributed by atoms with Gasteiger partial charge in [-0.2, -0.15) is 0 Å². The maximum Gasteiger partial charge on any atom is 0.337 e. The van der Waals surface area contributed by atoms with Crippen LogP contribution in [-0.4, -0.2) is 37.5 Å². The summed E-state index contributed by atoms with van der Waals surface area (Å²) in [6.07, 6.45) is 5.16. The Labute approximate surface area is 124 Å². The Balaban J connectivity index is 1.87. The maximum absolute atomic E-state index is 12.0. The zero-order valence-electron chi connectivity index (χ0n) is 12.3. The minimum atomic E-state index is -0.398. The lowest BCUT2D eigenvalue weighted by molar-refractivity contribution is -0.130. The molecule has 0 N–H and O–H groups in total. The van der Waals surface area contributed by atoms with E-state index in [9.17, 15) is 9.59 Å². The van der Waals surface area contributed by atoms with Gasteiger partial charge in [0.15, 0.2) is 6.61 Å². The molecular formula is C16H19NO4. The molecule has 1 aliphatic rings. The van der Waals surface area contributed by atoms with Gasteiger partial charge in [0.25, 0.3) is 5.91 Å². The average molecular weight is 289 g/mol. The van der Waals surface area contributed by atoms with Gasteiger partial charge in [-0.15, -0.1) is 0 Å². The van der Waals surface area contributed by atoms with Crippen LogP contribution >= 0.6 is 0 Å². The summed E-state index contributed by atoms with van der Waals surface area (Å²) in [5.74, 6) is 0.0653. The topological polar surface area (TPSA) is 55.8 Å². The van der Waals surface area contributed by atoms with Gasteiger partial charge in [-0.05, 0) is 43.5 Å². The summed E-state index contributed by atoms with van der Waals surface area (Å²) < 4.78 is 10.1. The lowest BCUT2D eigenvalue weighted by atomic mass is 10.2. The van der Waals surface area contributed by atoms with E-state index in [1.807, 2.05) is 0 Å². The van der Waals surface area contributed by atoms with Crippen LogP contribution in [0.4, 0.5) is 0 Å². The van der Waals surface area contributed by atoms with Crippen molar-refractivity contribution in [3.63, 3.8) is 0 Å². The van der Waals surface area contributed by atoms with Crippen molar-refractivity contribution in [3.05, 3.63) is 41.6 Å². The molecule has 0 unspecified atom stereocenters. The second-order valence-corrected chi connectivity index (χ2v) is 4.85. The third kappa shape index (κ3) is 3.84. The van der Waals surface area contributed by atoms with E-state index in [4.69, 9.17) is 4.74 Å². The van der Waals surface area contributed by atoms with Crippen molar-refractivity contribution in [3.8, 4) is 5.75 Å². The molecule has 0 aliphatic heterocycles. The van der Waals surface area contributed by atoms with E-state index in [2.05, 4.69) is 10.8 Å². The summed E-state index contributed by atoms with van der Waals surface area (Å²) in [5.41, 5.74) is 1.51. The minimum absolute atomic E-state index is 0.0224. The number of amides is 1. The van der Waals surface area contributed by atoms with Crippen molar-refractivity contribution in [1.29, 1.82) is 0 Å². The fourth-order valence-corrected chi connectivity index (χ4v) is 2.17. The van der Waals surface area contributed by atoms with Crippen LogP contribution in [0.2, 0.25) is 0 Å². The van der Waals surface area contributed by atoms with Gasteiger partial charge in [0.1, 0.15) is 5.75 Å². The number of allylic oxidation sites excluding steroid dienone is 2. The third-order valence-electron chi connectivity index (χ3n) is 3.46. The Morgan fingerprint density at radius 3 is 2.52 bits per heavy atom. The van der Waals surface area contributed by atoms with Crippen LogP contribution in [0.3, 0.4) is 0 Å². The minimum Gasteiger partial charge on any atom is -0.484 e. The lowest BCUT2D eigenvalue weighted by Gasteiger charge is -2.18. The summed E-state index contributed by atoms with van der Waals surface area (Å²) in [7, 11) is 3.10. The molecule has 1 aromatic carbocycles.